The lowest BCUT2D eigenvalue weighted by molar-refractivity contribution is -0.116. The molecule has 0 atom stereocenters. The average molecular weight is 443 g/mol. The molecule has 0 saturated carbocycles. The molecule has 2 heterocycles. The summed E-state index contributed by atoms with van der Waals surface area (Å²) in [5, 5.41) is 25.0. The fourth-order valence-corrected chi connectivity index (χ4v) is 4.90. The van der Waals surface area contributed by atoms with Crippen LogP contribution in [0, 0.1) is 0 Å². The number of carbonyl (C=O) groups is 1. The van der Waals surface area contributed by atoms with E-state index in [-0.39, 0.29) is 29.5 Å². The third-order valence-electron chi connectivity index (χ3n) is 4.89. The van der Waals surface area contributed by atoms with Crippen molar-refractivity contribution in [1.82, 2.24) is 20.2 Å². The second-order valence-electron chi connectivity index (χ2n) is 7.17. The second kappa shape index (κ2) is 8.72. The van der Waals surface area contributed by atoms with Gasteiger partial charge < -0.3 is 10.4 Å². The highest BCUT2D eigenvalue weighted by molar-refractivity contribution is 7.93. The predicted molar refractivity (Wildman–Crippen MR) is 115 cm³/mol. The number of phenolic OH excluding ortho intramolecular Hbond substituents is 1. The highest BCUT2D eigenvalue weighted by Gasteiger charge is 2.28. The van der Waals surface area contributed by atoms with Gasteiger partial charge in [0, 0.05) is 18.5 Å². The summed E-state index contributed by atoms with van der Waals surface area (Å²) in [5.74, 6) is 0.181. The number of rotatable bonds is 7. The van der Waals surface area contributed by atoms with Gasteiger partial charge in [0.2, 0.25) is 21.8 Å². The predicted octanol–water partition coefficient (Wildman–Crippen LogP) is 2.00. The smallest absolute Gasteiger partial charge is 0.235 e. The van der Waals surface area contributed by atoms with Crippen LogP contribution in [0.15, 0.2) is 48.5 Å². The molecule has 0 aliphatic carbocycles. The summed E-state index contributed by atoms with van der Waals surface area (Å²) in [6.07, 6.45) is 1.19. The molecule has 3 aromatic rings. The number of phenols is 1. The van der Waals surface area contributed by atoms with Crippen LogP contribution < -0.4 is 9.62 Å². The number of amides is 1. The zero-order chi connectivity index (χ0) is 21.8. The summed E-state index contributed by atoms with van der Waals surface area (Å²) in [6.45, 7) is 0.793. The molecule has 0 unspecified atom stereocenters. The first-order valence-corrected chi connectivity index (χ1v) is 11.5. The van der Waals surface area contributed by atoms with E-state index >= 15 is 0 Å². The van der Waals surface area contributed by atoms with E-state index in [2.05, 4.69) is 20.7 Å². The Bertz CT molecular complexity index is 1180. The van der Waals surface area contributed by atoms with Gasteiger partial charge in [0.15, 0.2) is 0 Å². The quantitative estimate of drug-likeness (QED) is 0.535. The van der Waals surface area contributed by atoms with Gasteiger partial charge in [-0.15, -0.1) is 10.2 Å². The van der Waals surface area contributed by atoms with E-state index in [1.807, 2.05) is 30.3 Å². The van der Waals surface area contributed by atoms with Crippen LogP contribution in [-0.2, 0) is 21.4 Å². The zero-order valence-corrected chi connectivity index (χ0v) is 17.5. The van der Waals surface area contributed by atoms with Crippen LogP contribution >= 0.6 is 0 Å². The van der Waals surface area contributed by atoms with Crippen LogP contribution in [0.2, 0.25) is 0 Å². The Kier molecular flexibility index (Phi) is 5.85. The summed E-state index contributed by atoms with van der Waals surface area (Å²) in [5.41, 5.74) is 1.46. The Morgan fingerprint density at radius 3 is 2.71 bits per heavy atom. The van der Waals surface area contributed by atoms with Crippen molar-refractivity contribution in [3.05, 3.63) is 48.5 Å². The number of nitrogens with one attached hydrogen (secondary N) is 1. The van der Waals surface area contributed by atoms with Gasteiger partial charge in [-0.25, -0.2) is 8.42 Å². The standard InChI is InChI=1S/C20H22N6O4S/c27-18-10-9-16(25-11-5-13-31(25,29)30)14-17(18)21-19(28)8-4-12-26-23-20(22-24-26)15-6-2-1-3-7-15/h1-3,6-7,9-10,14,27H,4-5,8,11-13H2,(H,21,28). The van der Waals surface area contributed by atoms with Crippen LogP contribution in [-0.4, -0.2) is 51.9 Å². The maximum atomic E-state index is 12.3. The molecule has 0 radical (unpaired) electrons. The summed E-state index contributed by atoms with van der Waals surface area (Å²) in [4.78, 5) is 13.8. The van der Waals surface area contributed by atoms with Crippen molar-refractivity contribution in [1.29, 1.82) is 0 Å². The third-order valence-corrected chi connectivity index (χ3v) is 6.76. The summed E-state index contributed by atoms with van der Waals surface area (Å²) < 4.78 is 25.5. The monoisotopic (exact) mass is 442 g/mol. The molecular formula is C20H22N6O4S. The van der Waals surface area contributed by atoms with Crippen molar-refractivity contribution < 1.29 is 18.3 Å². The molecule has 1 aromatic heterocycles. The number of aryl methyl sites for hydroxylation is 1. The highest BCUT2D eigenvalue weighted by atomic mass is 32.2. The molecule has 1 aliphatic rings. The molecule has 31 heavy (non-hydrogen) atoms. The molecular weight excluding hydrogens is 420 g/mol. The van der Waals surface area contributed by atoms with E-state index in [4.69, 9.17) is 0 Å². The molecule has 2 aromatic carbocycles. The Morgan fingerprint density at radius 1 is 1.16 bits per heavy atom. The minimum Gasteiger partial charge on any atom is -0.506 e. The minimum absolute atomic E-state index is 0.0951. The van der Waals surface area contributed by atoms with E-state index in [0.29, 0.717) is 37.4 Å². The number of carbonyl (C=O) groups excluding carboxylic acids is 1. The van der Waals surface area contributed by atoms with Gasteiger partial charge in [0.1, 0.15) is 5.75 Å². The third kappa shape index (κ3) is 4.82. The Morgan fingerprint density at radius 2 is 1.97 bits per heavy atom. The van der Waals surface area contributed by atoms with E-state index in [1.54, 1.807) is 0 Å². The number of hydrogen-bond acceptors (Lipinski definition) is 7. The van der Waals surface area contributed by atoms with Crippen molar-refractivity contribution >= 4 is 27.3 Å². The van der Waals surface area contributed by atoms with Gasteiger partial charge in [0.05, 0.1) is 23.7 Å². The molecule has 1 aliphatic heterocycles. The number of nitrogens with zero attached hydrogens (tertiary/aromatic N) is 5. The normalized spacial score (nSPS) is 15.2. The summed E-state index contributed by atoms with van der Waals surface area (Å²) >= 11 is 0. The zero-order valence-electron chi connectivity index (χ0n) is 16.7. The minimum atomic E-state index is -3.34. The fourth-order valence-electron chi connectivity index (χ4n) is 3.34. The van der Waals surface area contributed by atoms with Gasteiger partial charge in [0.25, 0.3) is 0 Å². The van der Waals surface area contributed by atoms with Crippen LogP contribution in [0.5, 0.6) is 5.75 Å². The molecule has 4 rings (SSSR count). The Hall–Kier alpha value is -3.47. The fraction of sp³-hybridized carbons (Fsp3) is 0.300. The molecule has 162 valence electrons. The van der Waals surface area contributed by atoms with Crippen LogP contribution in [0.25, 0.3) is 11.4 Å². The van der Waals surface area contributed by atoms with Crippen molar-refractivity contribution in [2.75, 3.05) is 21.9 Å². The van der Waals surface area contributed by atoms with Crippen molar-refractivity contribution in [3.63, 3.8) is 0 Å². The largest absolute Gasteiger partial charge is 0.506 e. The lowest BCUT2D eigenvalue weighted by Crippen LogP contribution is -2.25. The van der Waals surface area contributed by atoms with Gasteiger partial charge >= 0.3 is 0 Å². The van der Waals surface area contributed by atoms with E-state index in [0.717, 1.165) is 5.56 Å². The maximum Gasteiger partial charge on any atom is 0.235 e. The van der Waals surface area contributed by atoms with Gasteiger partial charge in [-0.1, -0.05) is 30.3 Å². The molecule has 1 fully saturated rings. The summed E-state index contributed by atoms with van der Waals surface area (Å²) in [6, 6.07) is 13.8. The van der Waals surface area contributed by atoms with Crippen LogP contribution in [0.4, 0.5) is 11.4 Å². The topological polar surface area (TPSA) is 130 Å². The number of aromatic hydroxyl groups is 1. The first kappa shape index (κ1) is 20.8. The molecule has 11 heteroatoms. The van der Waals surface area contributed by atoms with E-state index in [1.165, 1.54) is 27.3 Å². The second-order valence-corrected chi connectivity index (χ2v) is 9.18. The number of anilines is 2. The molecule has 1 saturated heterocycles. The van der Waals surface area contributed by atoms with Crippen LogP contribution in [0.3, 0.4) is 0 Å². The van der Waals surface area contributed by atoms with Gasteiger partial charge in [-0.05, 0) is 36.3 Å². The molecule has 1 amide bonds. The van der Waals surface area contributed by atoms with Gasteiger partial charge in [-0.2, -0.15) is 4.80 Å². The molecule has 2 N–H and O–H groups in total. The Labute approximate surface area is 179 Å². The molecule has 0 bridgehead atoms. The van der Waals surface area contributed by atoms with E-state index < -0.39 is 10.0 Å². The maximum absolute atomic E-state index is 12.3. The summed E-state index contributed by atoms with van der Waals surface area (Å²) in [7, 11) is -3.34. The number of benzene rings is 2. The number of hydrogen-bond donors (Lipinski definition) is 2. The average Bonchev–Trinajstić information content (AvgIpc) is 3.36. The SMILES string of the molecule is O=C(CCCn1nnc(-c2ccccc2)n1)Nc1cc(N2CCCS2(=O)=O)ccc1O. The van der Waals surface area contributed by atoms with Crippen molar-refractivity contribution in [2.24, 2.45) is 0 Å². The first-order valence-electron chi connectivity index (χ1n) is 9.89. The Balaban J connectivity index is 1.33. The number of sulfonamides is 1. The van der Waals surface area contributed by atoms with E-state index in [9.17, 15) is 18.3 Å². The lowest BCUT2D eigenvalue weighted by Gasteiger charge is -2.18. The molecule has 10 nitrogen and oxygen atoms in total. The molecule has 0 spiro atoms. The first-order chi connectivity index (χ1) is 14.9. The highest BCUT2D eigenvalue weighted by Crippen LogP contribution is 2.32. The number of aromatic nitrogens is 4. The van der Waals surface area contributed by atoms with Crippen molar-refractivity contribution in [3.8, 4) is 17.1 Å². The van der Waals surface area contributed by atoms with Crippen LogP contribution in [0.1, 0.15) is 19.3 Å². The van der Waals surface area contributed by atoms with Crippen molar-refractivity contribution in [2.45, 2.75) is 25.8 Å². The number of tetrazole rings is 1. The van der Waals surface area contributed by atoms with Gasteiger partial charge in [-0.3, -0.25) is 9.10 Å². The lowest BCUT2D eigenvalue weighted by atomic mass is 10.2.